The van der Waals surface area contributed by atoms with Gasteiger partial charge in [0, 0.05) is 18.7 Å². The number of nitrogens with one attached hydrogen (secondary N) is 2. The van der Waals surface area contributed by atoms with Gasteiger partial charge in [0.05, 0.1) is 19.1 Å². The van der Waals surface area contributed by atoms with Crippen molar-refractivity contribution < 1.29 is 23.9 Å². The maximum atomic E-state index is 12.3. The Hall–Kier alpha value is -2.97. The van der Waals surface area contributed by atoms with Crippen LogP contribution in [0.5, 0.6) is 11.5 Å². The van der Waals surface area contributed by atoms with Gasteiger partial charge in [-0.25, -0.2) is 4.79 Å². The first-order valence-electron chi connectivity index (χ1n) is 8.81. The van der Waals surface area contributed by atoms with Gasteiger partial charge in [-0.3, -0.25) is 20.4 Å². The Morgan fingerprint density at radius 2 is 1.96 bits per heavy atom. The molecule has 4 N–H and O–H groups in total. The van der Waals surface area contributed by atoms with Crippen molar-refractivity contribution in [3.05, 3.63) is 23.8 Å². The van der Waals surface area contributed by atoms with Crippen LogP contribution in [0.25, 0.3) is 0 Å². The highest BCUT2D eigenvalue weighted by molar-refractivity contribution is 5.96. The van der Waals surface area contributed by atoms with Crippen LogP contribution in [0.3, 0.4) is 0 Å². The summed E-state index contributed by atoms with van der Waals surface area (Å²) < 4.78 is 10.9. The topological polar surface area (TPSA) is 123 Å². The average Bonchev–Trinajstić information content (AvgIpc) is 2.65. The molecule has 0 spiro atoms. The zero-order chi connectivity index (χ0) is 20.0. The third kappa shape index (κ3) is 5.50. The van der Waals surface area contributed by atoms with Gasteiger partial charge in [0.25, 0.3) is 5.91 Å². The van der Waals surface area contributed by atoms with E-state index in [0.29, 0.717) is 36.4 Å². The SMILES string of the molecule is COc1cc(C(=O)NNC(=O)[C@@H]2CCCN(C(N)=O)C2)ccc1OC(C)C. The lowest BCUT2D eigenvalue weighted by molar-refractivity contribution is -0.127. The number of carbonyl (C=O) groups is 3. The van der Waals surface area contributed by atoms with Gasteiger partial charge in [-0.05, 0) is 44.9 Å². The third-order valence-electron chi connectivity index (χ3n) is 4.19. The Bertz CT molecular complexity index is 707. The van der Waals surface area contributed by atoms with Crippen molar-refractivity contribution in [1.82, 2.24) is 15.8 Å². The van der Waals surface area contributed by atoms with E-state index in [-0.39, 0.29) is 18.6 Å². The van der Waals surface area contributed by atoms with Crippen LogP contribution in [0.4, 0.5) is 4.79 Å². The average molecular weight is 378 g/mol. The van der Waals surface area contributed by atoms with E-state index in [9.17, 15) is 14.4 Å². The molecule has 1 heterocycles. The van der Waals surface area contributed by atoms with Gasteiger partial charge < -0.3 is 20.1 Å². The summed E-state index contributed by atoms with van der Waals surface area (Å²) >= 11 is 0. The molecule has 1 aliphatic rings. The molecule has 4 amide bonds. The molecule has 148 valence electrons. The number of urea groups is 1. The van der Waals surface area contributed by atoms with Gasteiger partial charge in [-0.15, -0.1) is 0 Å². The highest BCUT2D eigenvalue weighted by atomic mass is 16.5. The predicted octanol–water partition coefficient (Wildman–Crippen LogP) is 1.03. The summed E-state index contributed by atoms with van der Waals surface area (Å²) in [6.07, 6.45) is 1.28. The number of nitrogens with two attached hydrogens (primary N) is 1. The Balaban J connectivity index is 1.95. The van der Waals surface area contributed by atoms with Gasteiger partial charge in [0.1, 0.15) is 0 Å². The Morgan fingerprint density at radius 3 is 2.59 bits per heavy atom. The van der Waals surface area contributed by atoms with Crippen LogP contribution in [-0.2, 0) is 4.79 Å². The maximum Gasteiger partial charge on any atom is 0.314 e. The lowest BCUT2D eigenvalue weighted by atomic mass is 9.98. The predicted molar refractivity (Wildman–Crippen MR) is 98.2 cm³/mol. The second-order valence-corrected chi connectivity index (χ2v) is 6.60. The minimum atomic E-state index is -0.549. The molecule has 1 atom stereocenters. The molecule has 1 aromatic carbocycles. The molecule has 0 aliphatic carbocycles. The van der Waals surface area contributed by atoms with E-state index in [1.807, 2.05) is 13.8 Å². The van der Waals surface area contributed by atoms with E-state index in [4.69, 9.17) is 15.2 Å². The monoisotopic (exact) mass is 378 g/mol. The van der Waals surface area contributed by atoms with Crippen LogP contribution in [0, 0.1) is 5.92 Å². The summed E-state index contributed by atoms with van der Waals surface area (Å²) in [7, 11) is 1.49. The third-order valence-corrected chi connectivity index (χ3v) is 4.19. The van der Waals surface area contributed by atoms with Crippen LogP contribution in [-0.4, -0.2) is 49.0 Å². The number of piperidine rings is 1. The number of likely N-dealkylation sites (tertiary alicyclic amines) is 1. The number of hydrogen-bond acceptors (Lipinski definition) is 5. The largest absolute Gasteiger partial charge is 0.493 e. The van der Waals surface area contributed by atoms with Gasteiger partial charge in [-0.2, -0.15) is 0 Å². The van der Waals surface area contributed by atoms with Crippen molar-refractivity contribution >= 4 is 17.8 Å². The lowest BCUT2D eigenvalue weighted by Gasteiger charge is -2.30. The molecule has 9 heteroatoms. The number of carbonyl (C=O) groups excluding carboxylic acids is 3. The lowest BCUT2D eigenvalue weighted by Crippen LogP contribution is -2.50. The molecule has 0 aromatic heterocycles. The first-order valence-corrected chi connectivity index (χ1v) is 8.81. The van der Waals surface area contributed by atoms with Crippen LogP contribution in [0.2, 0.25) is 0 Å². The number of methoxy groups -OCH3 is 1. The standard InChI is InChI=1S/C18H26N4O5/c1-11(2)27-14-7-6-12(9-15(14)26-3)16(23)20-21-17(24)13-5-4-8-22(10-13)18(19)25/h6-7,9,11,13H,4-5,8,10H2,1-3H3,(H2,19,25)(H,20,23)(H,21,24)/t13-/m1/s1. The first kappa shape index (κ1) is 20.3. The van der Waals surface area contributed by atoms with E-state index >= 15 is 0 Å². The maximum absolute atomic E-state index is 12.3. The number of amides is 4. The second kappa shape index (κ2) is 9.11. The Kier molecular flexibility index (Phi) is 6.86. The van der Waals surface area contributed by atoms with E-state index in [0.717, 1.165) is 0 Å². The zero-order valence-corrected chi connectivity index (χ0v) is 15.8. The summed E-state index contributed by atoms with van der Waals surface area (Å²) in [5.41, 5.74) is 10.4. The van der Waals surface area contributed by atoms with Gasteiger partial charge >= 0.3 is 6.03 Å². The molecule has 0 saturated carbocycles. The Labute approximate surface area is 158 Å². The number of hydrogen-bond donors (Lipinski definition) is 3. The molecule has 1 fully saturated rings. The van der Waals surface area contributed by atoms with Crippen molar-refractivity contribution in [3.63, 3.8) is 0 Å². The molecule has 1 aromatic rings. The number of nitrogens with zero attached hydrogens (tertiary/aromatic N) is 1. The van der Waals surface area contributed by atoms with E-state index in [1.165, 1.54) is 18.1 Å². The van der Waals surface area contributed by atoms with Crippen molar-refractivity contribution in [1.29, 1.82) is 0 Å². The minimum absolute atomic E-state index is 0.0340. The number of ether oxygens (including phenoxy) is 2. The van der Waals surface area contributed by atoms with Gasteiger partial charge in [0.15, 0.2) is 11.5 Å². The quantitative estimate of drug-likeness (QED) is 0.661. The van der Waals surface area contributed by atoms with Crippen molar-refractivity contribution in [2.75, 3.05) is 20.2 Å². The summed E-state index contributed by atoms with van der Waals surface area (Å²) in [6, 6.07) is 4.21. The van der Waals surface area contributed by atoms with E-state index in [1.54, 1.807) is 12.1 Å². The summed E-state index contributed by atoms with van der Waals surface area (Å²) in [6.45, 7) is 4.56. The molecular weight excluding hydrogens is 352 g/mol. The fraction of sp³-hybridized carbons (Fsp3) is 0.500. The van der Waals surface area contributed by atoms with Crippen LogP contribution in [0.15, 0.2) is 18.2 Å². The zero-order valence-electron chi connectivity index (χ0n) is 15.8. The number of benzene rings is 1. The fourth-order valence-electron chi connectivity index (χ4n) is 2.84. The molecular formula is C18H26N4O5. The molecule has 1 aliphatic heterocycles. The van der Waals surface area contributed by atoms with E-state index in [2.05, 4.69) is 10.9 Å². The number of rotatable bonds is 5. The van der Waals surface area contributed by atoms with Crippen molar-refractivity contribution in [2.45, 2.75) is 32.8 Å². The highest BCUT2D eigenvalue weighted by Crippen LogP contribution is 2.28. The molecule has 9 nitrogen and oxygen atoms in total. The minimum Gasteiger partial charge on any atom is -0.493 e. The summed E-state index contributed by atoms with van der Waals surface area (Å²) in [4.78, 5) is 37.2. The Morgan fingerprint density at radius 1 is 1.22 bits per heavy atom. The van der Waals surface area contributed by atoms with Crippen LogP contribution < -0.4 is 26.1 Å². The summed E-state index contributed by atoms with van der Waals surface area (Å²) in [5, 5.41) is 0. The molecule has 1 saturated heterocycles. The molecule has 0 radical (unpaired) electrons. The van der Waals surface area contributed by atoms with Gasteiger partial charge in [-0.1, -0.05) is 0 Å². The smallest absolute Gasteiger partial charge is 0.314 e. The molecule has 27 heavy (non-hydrogen) atoms. The molecule has 0 unspecified atom stereocenters. The molecule has 2 rings (SSSR count). The van der Waals surface area contributed by atoms with Crippen LogP contribution >= 0.6 is 0 Å². The highest BCUT2D eigenvalue weighted by Gasteiger charge is 2.27. The van der Waals surface area contributed by atoms with E-state index < -0.39 is 17.9 Å². The number of primary amides is 1. The van der Waals surface area contributed by atoms with Gasteiger partial charge in [0.2, 0.25) is 5.91 Å². The summed E-state index contributed by atoms with van der Waals surface area (Å²) in [5.74, 6) is -0.307. The van der Waals surface area contributed by atoms with Crippen molar-refractivity contribution in [3.8, 4) is 11.5 Å². The first-order chi connectivity index (χ1) is 12.8. The fourth-order valence-corrected chi connectivity index (χ4v) is 2.84. The normalized spacial score (nSPS) is 16.6. The second-order valence-electron chi connectivity index (χ2n) is 6.60. The van der Waals surface area contributed by atoms with Crippen molar-refractivity contribution in [2.24, 2.45) is 11.7 Å². The molecule has 0 bridgehead atoms. The van der Waals surface area contributed by atoms with Crippen LogP contribution in [0.1, 0.15) is 37.0 Å². The number of hydrazine groups is 1.